The van der Waals surface area contributed by atoms with Gasteiger partial charge >= 0.3 is 0 Å². The topological polar surface area (TPSA) is 71.2 Å². The maximum Gasteiger partial charge on any atom is 0.266 e. The van der Waals surface area contributed by atoms with Gasteiger partial charge in [0.25, 0.3) is 5.56 Å². The standard InChI is InChI=1S/C14H13NO2S.C7H15NO/c1-9-15-14(16)13(18-9)8-10-4-5-12-11(7-10)3-2-6-17-12;1-4-5-8-7(2,3)6-9/h4-5,7-8H,1-3,6H2,(H,15,16);6,8H,4-5H2,1-3H3/b13-8-;. The molecule has 1 aromatic carbocycles. The van der Waals surface area contributed by atoms with E-state index in [1.165, 1.54) is 16.9 Å². The molecule has 0 atom stereocenters. The Kier molecular flexibility index (Phi) is 7.56. The van der Waals surface area contributed by atoms with Gasteiger partial charge < -0.3 is 19.8 Å². The van der Waals surface area contributed by atoms with E-state index in [2.05, 4.69) is 29.9 Å². The highest BCUT2D eigenvalue weighted by atomic mass is 32.1. The first-order valence-electron chi connectivity index (χ1n) is 9.21. The summed E-state index contributed by atoms with van der Waals surface area (Å²) < 4.78 is 6.95. The molecule has 1 aliphatic rings. The summed E-state index contributed by atoms with van der Waals surface area (Å²) in [6.07, 6.45) is 5.99. The average molecular weight is 389 g/mol. The monoisotopic (exact) mass is 388 g/mol. The van der Waals surface area contributed by atoms with Crippen molar-refractivity contribution in [2.24, 2.45) is 0 Å². The molecule has 6 heteroatoms. The fraction of sp³-hybridized carbons (Fsp3) is 0.429. The normalized spacial score (nSPS) is 14.0. The third kappa shape index (κ3) is 6.48. The van der Waals surface area contributed by atoms with Gasteiger partial charge in [0.05, 0.1) is 21.3 Å². The van der Waals surface area contributed by atoms with Gasteiger partial charge in [-0.3, -0.25) is 4.79 Å². The van der Waals surface area contributed by atoms with Crippen molar-refractivity contribution in [3.05, 3.63) is 48.9 Å². The number of aldehydes is 1. The van der Waals surface area contributed by atoms with Crippen molar-refractivity contribution in [2.75, 3.05) is 13.2 Å². The number of hydrogen-bond acceptors (Lipinski definition) is 5. The lowest BCUT2D eigenvalue weighted by atomic mass is 10.0. The summed E-state index contributed by atoms with van der Waals surface area (Å²) in [7, 11) is 0. The van der Waals surface area contributed by atoms with E-state index in [0.717, 1.165) is 50.0 Å². The Morgan fingerprint density at radius 1 is 1.41 bits per heavy atom. The Bertz CT molecular complexity index is 928. The van der Waals surface area contributed by atoms with Crippen LogP contribution in [0.1, 0.15) is 44.7 Å². The van der Waals surface area contributed by atoms with Crippen molar-refractivity contribution in [3.63, 3.8) is 0 Å². The number of aromatic amines is 1. The Hall–Kier alpha value is -2.18. The first-order valence-corrected chi connectivity index (χ1v) is 10.0. The van der Waals surface area contributed by atoms with Crippen LogP contribution >= 0.6 is 11.3 Å². The third-order valence-electron chi connectivity index (χ3n) is 4.07. The number of hydrogen-bond donors (Lipinski definition) is 2. The van der Waals surface area contributed by atoms with E-state index in [1.807, 2.05) is 32.1 Å². The van der Waals surface area contributed by atoms with Crippen molar-refractivity contribution in [2.45, 2.75) is 45.6 Å². The van der Waals surface area contributed by atoms with Crippen LogP contribution in [0.3, 0.4) is 0 Å². The average Bonchev–Trinajstić information content (AvgIpc) is 2.97. The molecular weight excluding hydrogens is 360 g/mol. The zero-order chi connectivity index (χ0) is 19.9. The molecule has 3 rings (SSSR count). The second-order valence-electron chi connectivity index (χ2n) is 7.07. The van der Waals surface area contributed by atoms with Crippen LogP contribution in [0, 0.1) is 0 Å². The smallest absolute Gasteiger partial charge is 0.266 e. The van der Waals surface area contributed by atoms with Crippen molar-refractivity contribution in [3.8, 4) is 5.75 Å². The molecule has 0 saturated carbocycles. The van der Waals surface area contributed by atoms with Gasteiger partial charge in [-0.15, -0.1) is 11.3 Å². The minimum atomic E-state index is -0.337. The predicted molar refractivity (Wildman–Crippen MR) is 112 cm³/mol. The minimum absolute atomic E-state index is 0.0704. The molecule has 27 heavy (non-hydrogen) atoms. The maximum atomic E-state index is 11.6. The fourth-order valence-electron chi connectivity index (χ4n) is 2.60. The number of carbonyl (C=O) groups is 1. The maximum absolute atomic E-state index is 11.6. The molecule has 0 fully saturated rings. The number of ether oxygens (including phenoxy) is 1. The molecule has 146 valence electrons. The van der Waals surface area contributed by atoms with Gasteiger partial charge in [-0.2, -0.15) is 0 Å². The van der Waals surface area contributed by atoms with E-state index in [9.17, 15) is 9.59 Å². The Morgan fingerprint density at radius 2 is 2.19 bits per heavy atom. The van der Waals surface area contributed by atoms with Crippen molar-refractivity contribution < 1.29 is 9.53 Å². The van der Waals surface area contributed by atoms with E-state index < -0.39 is 0 Å². The number of aromatic nitrogens is 1. The Morgan fingerprint density at radius 3 is 2.81 bits per heavy atom. The van der Waals surface area contributed by atoms with Crippen LogP contribution in [0.5, 0.6) is 5.75 Å². The van der Waals surface area contributed by atoms with Gasteiger partial charge in [0, 0.05) is 0 Å². The minimum Gasteiger partial charge on any atom is -0.493 e. The number of thiazole rings is 1. The van der Waals surface area contributed by atoms with E-state index >= 15 is 0 Å². The van der Waals surface area contributed by atoms with E-state index in [-0.39, 0.29) is 11.1 Å². The molecular formula is C21H28N2O3S. The summed E-state index contributed by atoms with van der Waals surface area (Å²) in [6, 6.07) is 6.05. The first kappa shape index (κ1) is 21.1. The van der Waals surface area contributed by atoms with Crippen LogP contribution in [-0.2, 0) is 11.2 Å². The second kappa shape index (κ2) is 9.67. The van der Waals surface area contributed by atoms with Crippen LogP contribution in [0.25, 0.3) is 12.7 Å². The largest absolute Gasteiger partial charge is 0.493 e. The zero-order valence-electron chi connectivity index (χ0n) is 16.3. The lowest BCUT2D eigenvalue weighted by molar-refractivity contribution is -0.112. The molecule has 0 bridgehead atoms. The molecule has 0 radical (unpaired) electrons. The number of rotatable bonds is 5. The molecule has 0 spiro atoms. The summed E-state index contributed by atoms with van der Waals surface area (Å²) in [5, 5.41) is 3.09. The van der Waals surface area contributed by atoms with Gasteiger partial charge in [0.1, 0.15) is 12.0 Å². The summed E-state index contributed by atoms with van der Waals surface area (Å²) in [5.41, 5.74) is 1.85. The molecule has 5 nitrogen and oxygen atoms in total. The van der Waals surface area contributed by atoms with E-state index in [1.54, 1.807) is 0 Å². The van der Waals surface area contributed by atoms with E-state index in [4.69, 9.17) is 4.74 Å². The highest BCUT2D eigenvalue weighted by Crippen LogP contribution is 2.25. The number of nitrogens with one attached hydrogen (secondary N) is 2. The van der Waals surface area contributed by atoms with Crippen LogP contribution < -0.4 is 24.8 Å². The van der Waals surface area contributed by atoms with Crippen LogP contribution in [0.2, 0.25) is 0 Å². The molecule has 0 unspecified atom stereocenters. The molecule has 1 aromatic heterocycles. The van der Waals surface area contributed by atoms with E-state index in [0.29, 0.717) is 9.20 Å². The predicted octanol–water partition coefficient (Wildman–Crippen LogP) is 1.96. The molecule has 2 aromatic rings. The lowest BCUT2D eigenvalue weighted by Gasteiger charge is -2.17. The van der Waals surface area contributed by atoms with Gasteiger partial charge in [0.2, 0.25) is 0 Å². The van der Waals surface area contributed by atoms with Crippen molar-refractivity contribution in [1.29, 1.82) is 0 Å². The van der Waals surface area contributed by atoms with Gasteiger partial charge in [0.15, 0.2) is 0 Å². The van der Waals surface area contributed by atoms with Crippen LogP contribution in [0.15, 0.2) is 23.0 Å². The van der Waals surface area contributed by atoms with Gasteiger partial charge in [-0.1, -0.05) is 19.6 Å². The number of carbonyl (C=O) groups excluding carboxylic acids is 1. The van der Waals surface area contributed by atoms with Gasteiger partial charge in [-0.05, 0) is 69.0 Å². The van der Waals surface area contributed by atoms with Gasteiger partial charge in [-0.25, -0.2) is 0 Å². The highest BCUT2D eigenvalue weighted by molar-refractivity contribution is 7.07. The molecule has 1 aliphatic heterocycles. The summed E-state index contributed by atoms with van der Waals surface area (Å²) >= 11 is 1.38. The number of benzene rings is 1. The summed E-state index contributed by atoms with van der Waals surface area (Å²) in [5.74, 6) is 0.969. The SMILES string of the molecule is C=c1[nH]c(=O)/c(=C/c2ccc3c(c2)CCCO3)s1.CCCNC(C)(C)C=O. The quantitative estimate of drug-likeness (QED) is 0.768. The molecule has 0 aliphatic carbocycles. The summed E-state index contributed by atoms with van der Waals surface area (Å²) in [4.78, 5) is 24.5. The third-order valence-corrected chi connectivity index (χ3v) is 4.94. The second-order valence-corrected chi connectivity index (χ2v) is 8.21. The van der Waals surface area contributed by atoms with Crippen LogP contribution in [-0.4, -0.2) is 30.0 Å². The number of aryl methyl sites for hydroxylation is 1. The number of fused-ring (bicyclic) bond motifs is 1. The molecule has 0 saturated heterocycles. The Balaban J connectivity index is 0.000000249. The number of H-pyrrole nitrogens is 1. The summed E-state index contributed by atoms with van der Waals surface area (Å²) in [6.45, 7) is 11.3. The Labute approximate surface area is 163 Å². The fourth-order valence-corrected chi connectivity index (χ4v) is 3.35. The highest BCUT2D eigenvalue weighted by Gasteiger charge is 2.13. The first-order chi connectivity index (χ1) is 12.8. The zero-order valence-corrected chi connectivity index (χ0v) is 17.1. The van der Waals surface area contributed by atoms with Crippen molar-refractivity contribution >= 4 is 30.3 Å². The molecule has 2 heterocycles. The lowest BCUT2D eigenvalue weighted by Crippen LogP contribution is -2.40. The van der Waals surface area contributed by atoms with Crippen molar-refractivity contribution in [1.82, 2.24) is 10.3 Å². The molecule has 0 amide bonds. The molecule has 2 N–H and O–H groups in total. The van der Waals surface area contributed by atoms with Crippen LogP contribution in [0.4, 0.5) is 0 Å².